The first-order chi connectivity index (χ1) is 8.35. The second-order valence-electron chi connectivity index (χ2n) is 4.08. The van der Waals surface area contributed by atoms with Gasteiger partial charge in [-0.15, -0.1) is 0 Å². The molecule has 0 bridgehead atoms. The van der Waals surface area contributed by atoms with Crippen LogP contribution >= 0.6 is 0 Å². The zero-order valence-corrected chi connectivity index (χ0v) is 10.5. The van der Waals surface area contributed by atoms with E-state index in [4.69, 9.17) is 24.8 Å². The van der Waals surface area contributed by atoms with Gasteiger partial charge < -0.3 is 24.8 Å². The Hall–Kier alpha value is -1.18. The second kappa shape index (κ2) is 8.84. The monoisotopic (exact) mass is 264 g/mol. The Labute approximate surface area is 105 Å². The molecule has 0 aliphatic heterocycles. The topological polar surface area (TPSA) is 113 Å². The zero-order valence-electron chi connectivity index (χ0n) is 10.5. The lowest BCUT2D eigenvalue weighted by Gasteiger charge is -2.16. The molecule has 106 valence electrons. The normalized spacial score (nSPS) is 15.6. The molecule has 0 rings (SSSR count). The predicted octanol–water partition coefficient (Wildman–Crippen LogP) is -1.02. The third-order valence-electron chi connectivity index (χ3n) is 1.86. The first-order valence-corrected chi connectivity index (χ1v) is 5.67. The Balaban J connectivity index is 3.97. The fourth-order valence-electron chi connectivity index (χ4n) is 1.09. The number of carbonyl (C=O) groups is 2. The van der Waals surface area contributed by atoms with Crippen LogP contribution in [-0.2, 0) is 19.1 Å². The van der Waals surface area contributed by atoms with Crippen molar-refractivity contribution in [3.63, 3.8) is 0 Å². The molecule has 0 aliphatic carbocycles. The van der Waals surface area contributed by atoms with Crippen LogP contribution in [0.25, 0.3) is 0 Å². The molecular formula is C11H20O7. The van der Waals surface area contributed by atoms with E-state index in [1.54, 1.807) is 0 Å². The van der Waals surface area contributed by atoms with E-state index < -0.39 is 36.9 Å². The molecule has 0 spiro atoms. The molecule has 3 atom stereocenters. The highest BCUT2D eigenvalue weighted by molar-refractivity contribution is 5.71. The molecular weight excluding hydrogens is 244 g/mol. The van der Waals surface area contributed by atoms with Crippen LogP contribution in [0.5, 0.6) is 0 Å². The van der Waals surface area contributed by atoms with E-state index in [1.165, 1.54) is 13.8 Å². The lowest BCUT2D eigenvalue weighted by atomic mass is 10.3. The smallest absolute Gasteiger partial charge is 0.308 e. The van der Waals surface area contributed by atoms with Crippen molar-refractivity contribution in [2.24, 2.45) is 0 Å². The fraction of sp³-hybridized carbons (Fsp3) is 0.818. The number of ether oxygens (including phenoxy) is 2. The number of hydrogen-bond donors (Lipinski definition) is 3. The van der Waals surface area contributed by atoms with E-state index in [2.05, 4.69) is 0 Å². The van der Waals surface area contributed by atoms with Crippen molar-refractivity contribution >= 4 is 11.9 Å². The molecule has 0 aliphatic rings. The Morgan fingerprint density at radius 3 is 2.00 bits per heavy atom. The van der Waals surface area contributed by atoms with Gasteiger partial charge in [-0.1, -0.05) is 0 Å². The van der Waals surface area contributed by atoms with E-state index in [0.29, 0.717) is 0 Å². The highest BCUT2D eigenvalue weighted by Gasteiger charge is 2.17. The molecule has 0 fully saturated rings. The van der Waals surface area contributed by atoms with E-state index in [1.807, 2.05) is 0 Å². The Bertz CT molecular complexity index is 262. The number of aliphatic hydroxyl groups is 3. The summed E-state index contributed by atoms with van der Waals surface area (Å²) in [7, 11) is 0. The molecule has 18 heavy (non-hydrogen) atoms. The standard InChI is InChI=1S/C11H20O7/c1-7(13)3-10(15)17-6-9(5-12)18-11(16)4-8(2)14/h7-9,12-14H,3-6H2,1-2H3/t7-,8-,9?/m1/s1. The molecule has 0 saturated carbocycles. The zero-order chi connectivity index (χ0) is 14.1. The van der Waals surface area contributed by atoms with Crippen molar-refractivity contribution in [3.8, 4) is 0 Å². The third kappa shape index (κ3) is 8.91. The SMILES string of the molecule is C[C@@H](O)CC(=O)OCC(CO)OC(=O)C[C@@H](C)O. The average molecular weight is 264 g/mol. The minimum absolute atomic E-state index is 0.167. The predicted molar refractivity (Wildman–Crippen MR) is 60.5 cm³/mol. The summed E-state index contributed by atoms with van der Waals surface area (Å²) in [6.45, 7) is 2.09. The maximum atomic E-state index is 11.2. The van der Waals surface area contributed by atoms with Crippen LogP contribution in [0, 0.1) is 0 Å². The molecule has 0 radical (unpaired) electrons. The first-order valence-electron chi connectivity index (χ1n) is 5.67. The average Bonchev–Trinajstić information content (AvgIpc) is 2.21. The molecule has 7 heteroatoms. The van der Waals surface area contributed by atoms with Gasteiger partial charge in [0.1, 0.15) is 6.61 Å². The third-order valence-corrected chi connectivity index (χ3v) is 1.86. The summed E-state index contributed by atoms with van der Waals surface area (Å²) in [5.74, 6) is -1.33. The summed E-state index contributed by atoms with van der Waals surface area (Å²) in [5.41, 5.74) is 0. The minimum atomic E-state index is -0.964. The molecule has 0 aromatic rings. The highest BCUT2D eigenvalue weighted by Crippen LogP contribution is 2.01. The van der Waals surface area contributed by atoms with Gasteiger partial charge in [0.15, 0.2) is 6.10 Å². The second-order valence-corrected chi connectivity index (χ2v) is 4.08. The van der Waals surface area contributed by atoms with Crippen molar-refractivity contribution < 1.29 is 34.4 Å². The fourth-order valence-corrected chi connectivity index (χ4v) is 1.09. The van der Waals surface area contributed by atoms with Crippen LogP contribution in [0.1, 0.15) is 26.7 Å². The largest absolute Gasteiger partial charge is 0.462 e. The molecule has 0 aromatic heterocycles. The summed E-state index contributed by atoms with van der Waals surface area (Å²) in [6, 6.07) is 0. The van der Waals surface area contributed by atoms with Gasteiger partial charge in [-0.2, -0.15) is 0 Å². The summed E-state index contributed by atoms with van der Waals surface area (Å²) in [6.07, 6.45) is -2.98. The van der Waals surface area contributed by atoms with Gasteiger partial charge in [-0.25, -0.2) is 0 Å². The number of aliphatic hydroxyl groups excluding tert-OH is 3. The van der Waals surface area contributed by atoms with Crippen molar-refractivity contribution in [2.75, 3.05) is 13.2 Å². The summed E-state index contributed by atoms with van der Waals surface area (Å²) in [4.78, 5) is 22.3. The lowest BCUT2D eigenvalue weighted by Crippen LogP contribution is -2.30. The highest BCUT2D eigenvalue weighted by atomic mass is 16.6. The molecule has 0 aromatic carbocycles. The van der Waals surface area contributed by atoms with Crippen molar-refractivity contribution in [1.82, 2.24) is 0 Å². The van der Waals surface area contributed by atoms with Gasteiger partial charge >= 0.3 is 11.9 Å². The summed E-state index contributed by atoms with van der Waals surface area (Å²) >= 11 is 0. The molecule has 3 N–H and O–H groups in total. The van der Waals surface area contributed by atoms with E-state index in [9.17, 15) is 9.59 Å². The molecule has 1 unspecified atom stereocenters. The number of hydrogen-bond acceptors (Lipinski definition) is 7. The van der Waals surface area contributed by atoms with Gasteiger partial charge in [-0.3, -0.25) is 9.59 Å². The Morgan fingerprint density at radius 2 is 1.56 bits per heavy atom. The van der Waals surface area contributed by atoms with Crippen LogP contribution in [0.15, 0.2) is 0 Å². The first kappa shape index (κ1) is 16.8. The Kier molecular flexibility index (Phi) is 8.27. The number of esters is 2. The quantitative estimate of drug-likeness (QED) is 0.481. The number of carbonyl (C=O) groups excluding carboxylic acids is 2. The van der Waals surface area contributed by atoms with Crippen molar-refractivity contribution in [2.45, 2.75) is 45.0 Å². The van der Waals surface area contributed by atoms with Gasteiger partial charge in [-0.05, 0) is 13.8 Å². The Morgan fingerprint density at radius 1 is 1.06 bits per heavy atom. The van der Waals surface area contributed by atoms with Crippen molar-refractivity contribution in [1.29, 1.82) is 0 Å². The van der Waals surface area contributed by atoms with Gasteiger partial charge in [0.2, 0.25) is 0 Å². The van der Waals surface area contributed by atoms with Gasteiger partial charge in [0.05, 0.1) is 31.7 Å². The van der Waals surface area contributed by atoms with Gasteiger partial charge in [0, 0.05) is 0 Å². The van der Waals surface area contributed by atoms with Crippen LogP contribution in [-0.4, -0.2) is 58.8 Å². The lowest BCUT2D eigenvalue weighted by molar-refractivity contribution is -0.163. The van der Waals surface area contributed by atoms with Crippen molar-refractivity contribution in [3.05, 3.63) is 0 Å². The minimum Gasteiger partial charge on any atom is -0.462 e. The van der Waals surface area contributed by atoms with Crippen LogP contribution in [0.2, 0.25) is 0 Å². The summed E-state index contributed by atoms with van der Waals surface area (Å²) in [5, 5.41) is 26.8. The maximum Gasteiger partial charge on any atom is 0.308 e. The molecule has 0 amide bonds. The molecule has 7 nitrogen and oxygen atoms in total. The molecule has 0 heterocycles. The van der Waals surface area contributed by atoms with Crippen LogP contribution < -0.4 is 0 Å². The van der Waals surface area contributed by atoms with Gasteiger partial charge in [0.25, 0.3) is 0 Å². The van der Waals surface area contributed by atoms with Crippen LogP contribution in [0.4, 0.5) is 0 Å². The summed E-state index contributed by atoms with van der Waals surface area (Å²) < 4.78 is 9.49. The van der Waals surface area contributed by atoms with E-state index >= 15 is 0 Å². The van der Waals surface area contributed by atoms with E-state index in [-0.39, 0.29) is 19.4 Å². The van der Waals surface area contributed by atoms with E-state index in [0.717, 1.165) is 0 Å². The molecule has 0 saturated heterocycles. The number of rotatable bonds is 8. The maximum absolute atomic E-state index is 11.2. The van der Waals surface area contributed by atoms with Crippen LogP contribution in [0.3, 0.4) is 0 Å².